The van der Waals surface area contributed by atoms with Gasteiger partial charge in [-0.3, -0.25) is 9.52 Å². The molecule has 5 rings (SSSR count). The van der Waals surface area contributed by atoms with E-state index in [1.54, 1.807) is 43.3 Å². The molecular formula is C27H25FN4O6S2. The van der Waals surface area contributed by atoms with Crippen LogP contribution in [0.4, 0.5) is 15.8 Å². The van der Waals surface area contributed by atoms with Crippen molar-refractivity contribution in [3.8, 4) is 0 Å². The molecule has 0 bridgehead atoms. The standard InChI is InChI=1S/C27H25FN4O6S2/c1-27(18-6-4-3-5-7-18)16-32(15-17-8-10-19(28)11-9-17)26(34)23(24(27)33)25-29-21-13-12-20(30-39(2,35)36)14-22(21)40(37,38)31-25/h3-14,30,33H,15-16H2,1-2H3,(H,29,31). The summed E-state index contributed by atoms with van der Waals surface area (Å²) in [6, 6.07) is 18.4. The minimum atomic E-state index is -4.42. The number of fused-ring (bicyclic) bond motifs is 1. The van der Waals surface area contributed by atoms with Crippen molar-refractivity contribution in [2.24, 2.45) is 4.40 Å². The van der Waals surface area contributed by atoms with Crippen LogP contribution in [0.15, 0.2) is 93.4 Å². The fourth-order valence-electron chi connectivity index (χ4n) is 4.79. The second-order valence-electron chi connectivity index (χ2n) is 9.83. The van der Waals surface area contributed by atoms with Crippen LogP contribution in [0.3, 0.4) is 0 Å². The first kappa shape index (κ1) is 27.3. The normalized spacial score (nSPS) is 20.4. The molecule has 3 N–H and O–H groups in total. The number of nitrogens with one attached hydrogen (secondary N) is 2. The van der Waals surface area contributed by atoms with Gasteiger partial charge >= 0.3 is 0 Å². The summed E-state index contributed by atoms with van der Waals surface area (Å²) >= 11 is 0. The van der Waals surface area contributed by atoms with Crippen molar-refractivity contribution in [2.45, 2.75) is 23.8 Å². The first-order valence-electron chi connectivity index (χ1n) is 12.0. The molecular weight excluding hydrogens is 559 g/mol. The second kappa shape index (κ2) is 9.75. The highest BCUT2D eigenvalue weighted by Gasteiger charge is 2.46. The van der Waals surface area contributed by atoms with Gasteiger partial charge in [0.05, 0.1) is 17.4 Å². The highest BCUT2D eigenvalue weighted by molar-refractivity contribution is 7.92. The molecule has 0 fully saturated rings. The minimum absolute atomic E-state index is 0.0169. The Hall–Kier alpha value is -4.23. The van der Waals surface area contributed by atoms with Crippen LogP contribution in [0.2, 0.25) is 0 Å². The summed E-state index contributed by atoms with van der Waals surface area (Å²) in [4.78, 5) is 14.9. The molecule has 40 heavy (non-hydrogen) atoms. The molecule has 0 radical (unpaired) electrons. The Kier molecular flexibility index (Phi) is 6.66. The van der Waals surface area contributed by atoms with Gasteiger partial charge in [-0.2, -0.15) is 8.42 Å². The number of aliphatic hydroxyl groups excluding tert-OH is 1. The number of sulfonamides is 2. The maximum atomic E-state index is 13.8. The smallest absolute Gasteiger partial charge is 0.286 e. The molecule has 2 aliphatic rings. The van der Waals surface area contributed by atoms with Crippen molar-refractivity contribution in [1.29, 1.82) is 0 Å². The van der Waals surface area contributed by atoms with E-state index in [0.29, 0.717) is 11.1 Å². The molecule has 3 aromatic rings. The number of nitrogens with zero attached hydrogens (tertiary/aromatic N) is 2. The van der Waals surface area contributed by atoms with E-state index >= 15 is 0 Å². The van der Waals surface area contributed by atoms with Crippen LogP contribution in [0.25, 0.3) is 0 Å². The van der Waals surface area contributed by atoms with Crippen LogP contribution in [0.5, 0.6) is 0 Å². The lowest BCUT2D eigenvalue weighted by atomic mass is 9.75. The molecule has 2 heterocycles. The summed E-state index contributed by atoms with van der Waals surface area (Å²) < 4.78 is 69.2. The summed E-state index contributed by atoms with van der Waals surface area (Å²) in [6.45, 7) is 1.85. The summed E-state index contributed by atoms with van der Waals surface area (Å²) in [6.07, 6.45) is 0.931. The summed E-state index contributed by atoms with van der Waals surface area (Å²) in [5.41, 5.74) is -0.0852. The van der Waals surface area contributed by atoms with E-state index in [4.69, 9.17) is 0 Å². The Bertz CT molecular complexity index is 1790. The van der Waals surface area contributed by atoms with Crippen LogP contribution in [0, 0.1) is 5.82 Å². The average Bonchev–Trinajstić information content (AvgIpc) is 2.88. The molecule has 0 aromatic heterocycles. The Morgan fingerprint density at radius 3 is 2.42 bits per heavy atom. The number of anilines is 2. The molecule has 1 atom stereocenters. The van der Waals surface area contributed by atoms with Crippen LogP contribution < -0.4 is 10.0 Å². The fraction of sp³-hybridized carbons (Fsp3) is 0.185. The number of amidine groups is 1. The molecule has 10 nitrogen and oxygen atoms in total. The lowest BCUT2D eigenvalue weighted by Gasteiger charge is -2.41. The average molecular weight is 585 g/mol. The summed E-state index contributed by atoms with van der Waals surface area (Å²) in [5, 5.41) is 14.4. The lowest BCUT2D eigenvalue weighted by molar-refractivity contribution is -0.129. The summed E-state index contributed by atoms with van der Waals surface area (Å²) in [5.74, 6) is -1.83. The number of halogens is 1. The van der Waals surface area contributed by atoms with Gasteiger partial charge in [-0.05, 0) is 48.4 Å². The van der Waals surface area contributed by atoms with Crippen molar-refractivity contribution >= 4 is 43.2 Å². The first-order valence-corrected chi connectivity index (χ1v) is 15.4. The molecule has 0 spiro atoms. The Balaban J connectivity index is 1.61. The van der Waals surface area contributed by atoms with E-state index in [2.05, 4.69) is 14.4 Å². The number of amides is 1. The van der Waals surface area contributed by atoms with E-state index in [1.807, 2.05) is 6.07 Å². The predicted octanol–water partition coefficient (Wildman–Crippen LogP) is 3.52. The molecule has 2 aliphatic heterocycles. The van der Waals surface area contributed by atoms with Gasteiger partial charge in [0.15, 0.2) is 5.84 Å². The van der Waals surface area contributed by atoms with Gasteiger partial charge in [0, 0.05) is 18.8 Å². The van der Waals surface area contributed by atoms with Crippen molar-refractivity contribution < 1.29 is 31.1 Å². The highest BCUT2D eigenvalue weighted by atomic mass is 32.2. The zero-order valence-corrected chi connectivity index (χ0v) is 23.1. The van der Waals surface area contributed by atoms with E-state index in [0.717, 1.165) is 12.3 Å². The number of rotatable bonds is 6. The maximum Gasteiger partial charge on any atom is 0.286 e. The number of benzene rings is 3. The van der Waals surface area contributed by atoms with Crippen molar-refractivity contribution in [3.05, 3.63) is 101 Å². The highest BCUT2D eigenvalue weighted by Crippen LogP contribution is 2.40. The number of aliphatic hydroxyl groups is 1. The van der Waals surface area contributed by atoms with Crippen LogP contribution in [-0.4, -0.2) is 51.4 Å². The number of hydrogen-bond donors (Lipinski definition) is 3. The van der Waals surface area contributed by atoms with Crippen LogP contribution >= 0.6 is 0 Å². The molecule has 0 saturated heterocycles. The summed E-state index contributed by atoms with van der Waals surface area (Å²) in [7, 11) is -8.09. The third-order valence-electron chi connectivity index (χ3n) is 6.73. The van der Waals surface area contributed by atoms with Crippen molar-refractivity contribution in [3.63, 3.8) is 0 Å². The van der Waals surface area contributed by atoms with Gasteiger partial charge in [-0.25, -0.2) is 12.8 Å². The third kappa shape index (κ3) is 5.17. The van der Waals surface area contributed by atoms with Gasteiger partial charge in [-0.1, -0.05) is 42.5 Å². The molecule has 3 aromatic carbocycles. The fourth-order valence-corrected chi connectivity index (χ4v) is 6.50. The monoisotopic (exact) mass is 584 g/mol. The van der Waals surface area contributed by atoms with E-state index in [1.165, 1.54) is 29.2 Å². The first-order chi connectivity index (χ1) is 18.8. The number of hydrogen-bond acceptors (Lipinski definition) is 7. The SMILES string of the molecule is CC1(c2ccccc2)CN(Cc2ccc(F)cc2)C(=O)C(C2=NS(=O)(=O)c3cc(NS(C)(=O)=O)ccc3N2)=C1O. The van der Waals surface area contributed by atoms with Gasteiger partial charge in [0.1, 0.15) is 22.0 Å². The molecule has 1 amide bonds. The predicted molar refractivity (Wildman–Crippen MR) is 148 cm³/mol. The zero-order chi connectivity index (χ0) is 28.9. The quantitative estimate of drug-likeness (QED) is 0.402. The van der Waals surface area contributed by atoms with Gasteiger partial charge in [-0.15, -0.1) is 4.40 Å². The molecule has 1 unspecified atom stereocenters. The van der Waals surface area contributed by atoms with E-state index < -0.39 is 37.2 Å². The zero-order valence-electron chi connectivity index (χ0n) is 21.4. The van der Waals surface area contributed by atoms with Gasteiger partial charge < -0.3 is 15.3 Å². The third-order valence-corrected chi connectivity index (χ3v) is 8.65. The van der Waals surface area contributed by atoms with Crippen molar-refractivity contribution in [1.82, 2.24) is 4.90 Å². The molecule has 0 aliphatic carbocycles. The number of carbonyl (C=O) groups excluding carboxylic acids is 1. The van der Waals surface area contributed by atoms with Gasteiger partial charge in [0.25, 0.3) is 15.9 Å². The van der Waals surface area contributed by atoms with Crippen LogP contribution in [0.1, 0.15) is 18.1 Å². The minimum Gasteiger partial charge on any atom is -0.510 e. The van der Waals surface area contributed by atoms with E-state index in [-0.39, 0.29) is 46.5 Å². The Morgan fingerprint density at radius 1 is 1.10 bits per heavy atom. The second-order valence-corrected chi connectivity index (χ2v) is 13.2. The van der Waals surface area contributed by atoms with Crippen molar-refractivity contribution in [2.75, 3.05) is 22.8 Å². The topological polar surface area (TPSA) is 145 Å². The Labute approximate surface area is 231 Å². The van der Waals surface area contributed by atoms with Gasteiger partial charge in [0.2, 0.25) is 10.0 Å². The maximum absolute atomic E-state index is 13.8. The molecule has 13 heteroatoms. The number of carbonyl (C=O) groups is 1. The lowest BCUT2D eigenvalue weighted by Crippen LogP contribution is -2.51. The van der Waals surface area contributed by atoms with Crippen LogP contribution in [-0.2, 0) is 36.8 Å². The largest absolute Gasteiger partial charge is 0.510 e. The Morgan fingerprint density at radius 2 is 1.77 bits per heavy atom. The molecule has 208 valence electrons. The van der Waals surface area contributed by atoms with E-state index in [9.17, 15) is 31.1 Å². The molecule has 0 saturated carbocycles.